The Labute approximate surface area is 106 Å². The Hall–Kier alpha value is -1.75. The number of aromatic nitrogens is 3. The van der Waals surface area contributed by atoms with Crippen LogP contribution in [0.2, 0.25) is 0 Å². The third-order valence-corrected chi connectivity index (χ3v) is 3.28. The van der Waals surface area contributed by atoms with Gasteiger partial charge in [0.2, 0.25) is 5.89 Å². The van der Waals surface area contributed by atoms with E-state index in [0.29, 0.717) is 5.82 Å². The Balaban J connectivity index is 1.75. The number of nitrogens with zero attached hydrogens (tertiary/aromatic N) is 4. The molecule has 1 unspecified atom stereocenters. The first-order valence-electron chi connectivity index (χ1n) is 6.27. The van der Waals surface area contributed by atoms with E-state index in [4.69, 9.17) is 4.52 Å². The Kier molecular flexibility index (Phi) is 3.06. The van der Waals surface area contributed by atoms with Gasteiger partial charge in [-0.05, 0) is 38.4 Å². The Bertz CT molecular complexity index is 511. The second-order valence-electron chi connectivity index (χ2n) is 4.63. The normalized spacial score (nSPS) is 20.4. The monoisotopic (exact) mass is 244 g/mol. The van der Waals surface area contributed by atoms with Crippen molar-refractivity contribution in [1.82, 2.24) is 20.0 Å². The minimum atomic E-state index is 0.244. The summed E-state index contributed by atoms with van der Waals surface area (Å²) in [5.41, 5.74) is 1.08. The Morgan fingerprint density at radius 2 is 2.39 bits per heavy atom. The highest BCUT2D eigenvalue weighted by Gasteiger charge is 2.30. The minimum Gasteiger partial charge on any atom is -0.338 e. The molecular weight excluding hydrogens is 228 g/mol. The van der Waals surface area contributed by atoms with Crippen LogP contribution in [0.1, 0.15) is 36.3 Å². The van der Waals surface area contributed by atoms with Gasteiger partial charge in [0.25, 0.3) is 0 Å². The first-order valence-corrected chi connectivity index (χ1v) is 6.27. The van der Waals surface area contributed by atoms with Gasteiger partial charge in [0.15, 0.2) is 5.82 Å². The molecule has 94 valence electrons. The molecule has 0 aliphatic carbocycles. The van der Waals surface area contributed by atoms with Crippen LogP contribution in [0.25, 0.3) is 0 Å². The van der Waals surface area contributed by atoms with Gasteiger partial charge in [-0.1, -0.05) is 11.2 Å². The molecule has 2 aromatic heterocycles. The summed E-state index contributed by atoms with van der Waals surface area (Å²) >= 11 is 0. The summed E-state index contributed by atoms with van der Waals surface area (Å²) in [6.07, 6.45) is 4.07. The molecular formula is C13H16N4O. The predicted molar refractivity (Wildman–Crippen MR) is 65.7 cm³/mol. The fourth-order valence-electron chi connectivity index (χ4n) is 2.44. The van der Waals surface area contributed by atoms with Crippen molar-refractivity contribution in [1.29, 1.82) is 0 Å². The van der Waals surface area contributed by atoms with Gasteiger partial charge in [-0.15, -0.1) is 0 Å². The van der Waals surface area contributed by atoms with Crippen LogP contribution in [0.4, 0.5) is 0 Å². The molecule has 0 spiro atoms. The standard InChI is InChI=1S/C13H16N4O/c1-10-15-13(18-16-10)12-6-4-8-17(12)9-11-5-2-3-7-14-11/h2-3,5,7,12H,4,6,8-9H2,1H3. The van der Waals surface area contributed by atoms with Crippen LogP contribution in [-0.4, -0.2) is 26.6 Å². The maximum absolute atomic E-state index is 5.29. The number of likely N-dealkylation sites (tertiary alicyclic amines) is 1. The van der Waals surface area contributed by atoms with Crippen molar-refractivity contribution in [3.8, 4) is 0 Å². The van der Waals surface area contributed by atoms with Crippen molar-refractivity contribution in [3.63, 3.8) is 0 Å². The molecule has 0 bridgehead atoms. The van der Waals surface area contributed by atoms with E-state index < -0.39 is 0 Å². The summed E-state index contributed by atoms with van der Waals surface area (Å²) in [7, 11) is 0. The summed E-state index contributed by atoms with van der Waals surface area (Å²) < 4.78 is 5.29. The van der Waals surface area contributed by atoms with Gasteiger partial charge in [-0.25, -0.2) is 0 Å². The smallest absolute Gasteiger partial charge is 0.243 e. The van der Waals surface area contributed by atoms with Gasteiger partial charge >= 0.3 is 0 Å². The molecule has 5 heteroatoms. The van der Waals surface area contributed by atoms with Crippen molar-refractivity contribution in [2.24, 2.45) is 0 Å². The summed E-state index contributed by atoms with van der Waals surface area (Å²) in [5, 5.41) is 3.87. The fourth-order valence-corrected chi connectivity index (χ4v) is 2.44. The second-order valence-corrected chi connectivity index (χ2v) is 4.63. The minimum absolute atomic E-state index is 0.244. The van der Waals surface area contributed by atoms with Gasteiger partial charge in [0, 0.05) is 12.7 Å². The maximum atomic E-state index is 5.29. The molecule has 0 amide bonds. The van der Waals surface area contributed by atoms with Crippen LogP contribution in [0.3, 0.4) is 0 Å². The van der Waals surface area contributed by atoms with Crippen LogP contribution in [-0.2, 0) is 6.54 Å². The molecule has 2 aromatic rings. The molecule has 5 nitrogen and oxygen atoms in total. The van der Waals surface area contributed by atoms with Crippen LogP contribution >= 0.6 is 0 Å². The molecule has 1 saturated heterocycles. The van der Waals surface area contributed by atoms with Gasteiger partial charge in [-0.3, -0.25) is 9.88 Å². The van der Waals surface area contributed by atoms with Crippen LogP contribution in [0, 0.1) is 6.92 Å². The maximum Gasteiger partial charge on any atom is 0.243 e. The van der Waals surface area contributed by atoms with E-state index in [2.05, 4.69) is 26.1 Å². The molecule has 3 heterocycles. The van der Waals surface area contributed by atoms with E-state index in [9.17, 15) is 0 Å². The fraction of sp³-hybridized carbons (Fsp3) is 0.462. The van der Waals surface area contributed by atoms with Gasteiger partial charge in [0.05, 0.1) is 11.7 Å². The molecule has 1 aliphatic heterocycles. The van der Waals surface area contributed by atoms with Gasteiger partial charge in [0.1, 0.15) is 0 Å². The van der Waals surface area contributed by atoms with E-state index in [1.807, 2.05) is 25.3 Å². The molecule has 0 radical (unpaired) electrons. The third kappa shape index (κ3) is 2.26. The Morgan fingerprint density at radius 3 is 3.11 bits per heavy atom. The summed E-state index contributed by atoms with van der Waals surface area (Å²) in [6, 6.07) is 6.25. The van der Waals surface area contributed by atoms with Crippen LogP contribution in [0.5, 0.6) is 0 Å². The third-order valence-electron chi connectivity index (χ3n) is 3.28. The summed E-state index contributed by atoms with van der Waals surface area (Å²) in [6.45, 7) is 3.75. The van der Waals surface area contributed by atoms with E-state index >= 15 is 0 Å². The van der Waals surface area contributed by atoms with Crippen molar-refractivity contribution >= 4 is 0 Å². The largest absolute Gasteiger partial charge is 0.338 e. The second kappa shape index (κ2) is 4.86. The summed E-state index contributed by atoms with van der Waals surface area (Å²) in [4.78, 5) is 11.1. The predicted octanol–water partition coefficient (Wildman–Crippen LogP) is 2.11. The number of rotatable bonds is 3. The zero-order valence-electron chi connectivity index (χ0n) is 10.4. The average molecular weight is 244 g/mol. The molecule has 3 rings (SSSR count). The quantitative estimate of drug-likeness (QED) is 0.827. The SMILES string of the molecule is Cc1noc(C2CCCN2Cc2ccccn2)n1. The van der Waals surface area contributed by atoms with Crippen molar-refractivity contribution in [2.45, 2.75) is 32.4 Å². The van der Waals surface area contributed by atoms with Crippen molar-refractivity contribution in [3.05, 3.63) is 41.8 Å². The van der Waals surface area contributed by atoms with E-state index in [1.54, 1.807) is 0 Å². The lowest BCUT2D eigenvalue weighted by Gasteiger charge is -2.20. The zero-order chi connectivity index (χ0) is 12.4. The highest BCUT2D eigenvalue weighted by atomic mass is 16.5. The molecule has 0 saturated carbocycles. The molecule has 0 N–H and O–H groups in total. The first-order chi connectivity index (χ1) is 8.83. The molecule has 0 aromatic carbocycles. The number of pyridine rings is 1. The Morgan fingerprint density at radius 1 is 1.44 bits per heavy atom. The zero-order valence-corrected chi connectivity index (χ0v) is 10.4. The number of aryl methyl sites for hydroxylation is 1. The lowest BCUT2D eigenvalue weighted by molar-refractivity contribution is 0.199. The molecule has 18 heavy (non-hydrogen) atoms. The van der Waals surface area contributed by atoms with E-state index in [1.165, 1.54) is 6.42 Å². The molecule has 1 atom stereocenters. The average Bonchev–Trinajstić information content (AvgIpc) is 2.99. The van der Waals surface area contributed by atoms with Crippen LogP contribution in [0.15, 0.2) is 28.9 Å². The highest BCUT2D eigenvalue weighted by molar-refractivity contribution is 5.05. The van der Waals surface area contributed by atoms with Crippen molar-refractivity contribution < 1.29 is 4.52 Å². The van der Waals surface area contributed by atoms with E-state index in [0.717, 1.165) is 31.1 Å². The van der Waals surface area contributed by atoms with Gasteiger partial charge in [-0.2, -0.15) is 4.98 Å². The number of hydrogen-bond acceptors (Lipinski definition) is 5. The summed E-state index contributed by atoms with van der Waals surface area (Å²) in [5.74, 6) is 1.44. The van der Waals surface area contributed by atoms with Crippen molar-refractivity contribution in [2.75, 3.05) is 6.54 Å². The first kappa shape index (κ1) is 11.3. The van der Waals surface area contributed by atoms with E-state index in [-0.39, 0.29) is 6.04 Å². The van der Waals surface area contributed by atoms with Gasteiger partial charge < -0.3 is 4.52 Å². The molecule has 1 fully saturated rings. The lowest BCUT2D eigenvalue weighted by Crippen LogP contribution is -2.23. The highest BCUT2D eigenvalue weighted by Crippen LogP contribution is 2.31. The lowest BCUT2D eigenvalue weighted by atomic mass is 10.2. The molecule has 1 aliphatic rings. The number of hydrogen-bond donors (Lipinski definition) is 0. The van der Waals surface area contributed by atoms with Crippen LogP contribution < -0.4 is 0 Å². The topological polar surface area (TPSA) is 55.1 Å².